The summed E-state index contributed by atoms with van der Waals surface area (Å²) in [4.78, 5) is 8.93. The van der Waals surface area contributed by atoms with Crippen LogP contribution in [-0.2, 0) is 23.1 Å². The number of imidazole rings is 1. The highest BCUT2D eigenvalue weighted by Crippen LogP contribution is 2.19. The van der Waals surface area contributed by atoms with Crippen molar-refractivity contribution in [2.45, 2.75) is 18.0 Å². The Morgan fingerprint density at radius 3 is 2.67 bits per heavy atom. The molecule has 0 amide bonds. The van der Waals surface area contributed by atoms with E-state index in [0.29, 0.717) is 23.5 Å². The van der Waals surface area contributed by atoms with Crippen LogP contribution in [0, 0.1) is 5.82 Å². The summed E-state index contributed by atoms with van der Waals surface area (Å²) in [5.74, 6) is 0.737. The van der Waals surface area contributed by atoms with Gasteiger partial charge in [-0.3, -0.25) is 0 Å². The molecule has 0 aliphatic heterocycles. The highest BCUT2D eigenvalue weighted by molar-refractivity contribution is 7.89. The minimum Gasteiger partial charge on any atom is -0.497 e. The maximum atomic E-state index is 13.1. The molecule has 0 spiro atoms. The zero-order valence-corrected chi connectivity index (χ0v) is 16.9. The number of sulfonamides is 1. The molecular formula is C21H19FN4O3S. The van der Waals surface area contributed by atoms with Crippen LogP contribution in [0.4, 0.5) is 4.39 Å². The summed E-state index contributed by atoms with van der Waals surface area (Å²) < 4.78 is 48.0. The van der Waals surface area contributed by atoms with Gasteiger partial charge in [0.15, 0.2) is 5.65 Å². The molecule has 154 valence electrons. The second-order valence-electron chi connectivity index (χ2n) is 6.59. The van der Waals surface area contributed by atoms with Crippen molar-refractivity contribution in [2.75, 3.05) is 7.11 Å². The van der Waals surface area contributed by atoms with Crippen LogP contribution in [0.15, 0.2) is 71.8 Å². The lowest BCUT2D eigenvalue weighted by molar-refractivity contribution is 0.414. The highest BCUT2D eigenvalue weighted by atomic mass is 32.2. The van der Waals surface area contributed by atoms with Crippen LogP contribution in [0.1, 0.15) is 11.4 Å². The van der Waals surface area contributed by atoms with E-state index in [2.05, 4.69) is 14.7 Å². The number of hydrogen-bond acceptors (Lipinski definition) is 5. The molecule has 0 radical (unpaired) electrons. The van der Waals surface area contributed by atoms with Crippen molar-refractivity contribution in [3.63, 3.8) is 0 Å². The Labute approximate surface area is 173 Å². The molecule has 2 aromatic carbocycles. The summed E-state index contributed by atoms with van der Waals surface area (Å²) in [6, 6.07) is 15.8. The quantitative estimate of drug-likeness (QED) is 0.491. The van der Waals surface area contributed by atoms with Gasteiger partial charge in [-0.05, 0) is 54.1 Å². The molecule has 2 heterocycles. The summed E-state index contributed by atoms with van der Waals surface area (Å²) in [7, 11) is -2.22. The monoisotopic (exact) mass is 426 g/mol. The molecule has 0 saturated heterocycles. The molecule has 9 heteroatoms. The van der Waals surface area contributed by atoms with Gasteiger partial charge in [0.2, 0.25) is 10.0 Å². The number of ether oxygens (including phenoxy) is 1. The molecule has 30 heavy (non-hydrogen) atoms. The lowest BCUT2D eigenvalue weighted by Crippen LogP contribution is -2.25. The van der Waals surface area contributed by atoms with Gasteiger partial charge in [-0.25, -0.2) is 27.5 Å². The topological polar surface area (TPSA) is 86.1 Å². The Hall–Kier alpha value is -3.30. The third-order valence-corrected chi connectivity index (χ3v) is 6.02. The summed E-state index contributed by atoms with van der Waals surface area (Å²) in [6.45, 7) is 0.401. The maximum Gasteiger partial charge on any atom is 0.240 e. The molecule has 0 fully saturated rings. The van der Waals surface area contributed by atoms with E-state index in [4.69, 9.17) is 4.74 Å². The van der Waals surface area contributed by atoms with Crippen molar-refractivity contribution in [1.82, 2.24) is 19.3 Å². The number of rotatable bonds is 7. The summed E-state index contributed by atoms with van der Waals surface area (Å²) >= 11 is 0. The van der Waals surface area contributed by atoms with Gasteiger partial charge in [0.05, 0.1) is 25.1 Å². The third kappa shape index (κ3) is 4.17. The zero-order chi connectivity index (χ0) is 21.1. The second-order valence-corrected chi connectivity index (χ2v) is 8.36. The first-order valence-electron chi connectivity index (χ1n) is 9.14. The third-order valence-electron chi connectivity index (χ3n) is 4.60. The van der Waals surface area contributed by atoms with Crippen LogP contribution < -0.4 is 9.46 Å². The van der Waals surface area contributed by atoms with E-state index in [1.165, 1.54) is 12.1 Å². The molecule has 7 nitrogen and oxygen atoms in total. The van der Waals surface area contributed by atoms with E-state index in [0.717, 1.165) is 23.4 Å². The first-order valence-corrected chi connectivity index (χ1v) is 10.6. The van der Waals surface area contributed by atoms with Crippen molar-refractivity contribution >= 4 is 21.2 Å². The number of nitrogens with zero attached hydrogens (tertiary/aromatic N) is 3. The van der Waals surface area contributed by atoms with Gasteiger partial charge in [-0.1, -0.05) is 12.1 Å². The Morgan fingerprint density at radius 2 is 1.90 bits per heavy atom. The van der Waals surface area contributed by atoms with E-state index in [-0.39, 0.29) is 11.4 Å². The maximum absolute atomic E-state index is 13.1. The van der Waals surface area contributed by atoms with Gasteiger partial charge < -0.3 is 9.30 Å². The van der Waals surface area contributed by atoms with Gasteiger partial charge >= 0.3 is 0 Å². The smallest absolute Gasteiger partial charge is 0.240 e. The minimum absolute atomic E-state index is 0.0162. The van der Waals surface area contributed by atoms with Crippen molar-refractivity contribution in [3.05, 3.63) is 84.1 Å². The van der Waals surface area contributed by atoms with Gasteiger partial charge in [0.25, 0.3) is 0 Å². The number of pyridine rings is 1. The van der Waals surface area contributed by atoms with Crippen molar-refractivity contribution in [1.29, 1.82) is 0 Å². The van der Waals surface area contributed by atoms with Crippen LogP contribution in [0.5, 0.6) is 5.75 Å². The number of hydrogen-bond donors (Lipinski definition) is 1. The minimum atomic E-state index is -3.82. The zero-order valence-electron chi connectivity index (χ0n) is 16.1. The Kier molecular flexibility index (Phi) is 5.47. The number of methoxy groups -OCH3 is 1. The Bertz CT molecular complexity index is 1290. The molecule has 0 unspecified atom stereocenters. The van der Waals surface area contributed by atoms with E-state index in [1.54, 1.807) is 19.4 Å². The fraction of sp³-hybridized carbons (Fsp3) is 0.143. The fourth-order valence-electron chi connectivity index (χ4n) is 3.12. The average molecular weight is 426 g/mol. The molecule has 0 aliphatic rings. The number of halogens is 1. The van der Waals surface area contributed by atoms with Crippen molar-refractivity contribution in [2.24, 2.45) is 0 Å². The molecule has 4 aromatic rings. The first kappa shape index (κ1) is 20.0. The Balaban J connectivity index is 1.65. The molecular weight excluding hydrogens is 407 g/mol. The first-order chi connectivity index (χ1) is 14.5. The van der Waals surface area contributed by atoms with Gasteiger partial charge in [0, 0.05) is 6.20 Å². The highest BCUT2D eigenvalue weighted by Gasteiger charge is 2.18. The summed E-state index contributed by atoms with van der Waals surface area (Å²) in [6.07, 6.45) is 1.67. The van der Waals surface area contributed by atoms with Gasteiger partial charge in [0.1, 0.15) is 22.9 Å². The van der Waals surface area contributed by atoms with Crippen LogP contribution in [0.3, 0.4) is 0 Å². The van der Waals surface area contributed by atoms with E-state index in [1.807, 2.05) is 34.9 Å². The van der Waals surface area contributed by atoms with Crippen LogP contribution in [0.25, 0.3) is 11.2 Å². The molecule has 1 N–H and O–H groups in total. The van der Waals surface area contributed by atoms with Crippen molar-refractivity contribution < 1.29 is 17.5 Å². The van der Waals surface area contributed by atoms with Crippen LogP contribution >= 0.6 is 0 Å². The van der Waals surface area contributed by atoms with E-state index in [9.17, 15) is 12.8 Å². The van der Waals surface area contributed by atoms with Crippen LogP contribution in [-0.4, -0.2) is 30.1 Å². The van der Waals surface area contributed by atoms with Gasteiger partial charge in [-0.2, -0.15) is 0 Å². The van der Waals surface area contributed by atoms with Gasteiger partial charge in [-0.15, -0.1) is 0 Å². The lowest BCUT2D eigenvalue weighted by Gasteiger charge is -2.11. The number of benzene rings is 2. The lowest BCUT2D eigenvalue weighted by atomic mass is 10.2. The van der Waals surface area contributed by atoms with E-state index < -0.39 is 15.8 Å². The summed E-state index contributed by atoms with van der Waals surface area (Å²) in [5.41, 5.74) is 2.27. The number of aromatic nitrogens is 3. The van der Waals surface area contributed by atoms with E-state index >= 15 is 0 Å². The standard InChI is InChI=1S/C21H19FN4O3S/c1-29-17-5-2-4-15(12-17)14-26-20(25-19-6-3-11-23-21(19)26)13-24-30(27,28)18-9-7-16(22)8-10-18/h2-12,24H,13-14H2,1H3. The largest absolute Gasteiger partial charge is 0.497 e. The van der Waals surface area contributed by atoms with Crippen LogP contribution in [0.2, 0.25) is 0 Å². The molecule has 0 aliphatic carbocycles. The number of fused-ring (bicyclic) bond motifs is 1. The number of nitrogens with one attached hydrogen (secondary N) is 1. The molecule has 4 rings (SSSR count). The summed E-state index contributed by atoms with van der Waals surface area (Å²) in [5, 5.41) is 0. The second kappa shape index (κ2) is 8.21. The fourth-order valence-corrected chi connectivity index (χ4v) is 4.10. The predicted molar refractivity (Wildman–Crippen MR) is 110 cm³/mol. The SMILES string of the molecule is COc1cccc(Cn2c(CNS(=O)(=O)c3ccc(F)cc3)nc3cccnc32)c1. The molecule has 0 atom stereocenters. The molecule has 0 bridgehead atoms. The molecule has 2 aromatic heterocycles. The normalized spacial score (nSPS) is 11.7. The molecule has 0 saturated carbocycles. The average Bonchev–Trinajstić information content (AvgIpc) is 3.10. The Morgan fingerprint density at radius 1 is 1.10 bits per heavy atom. The predicted octanol–water partition coefficient (Wildman–Crippen LogP) is 3.11. The van der Waals surface area contributed by atoms with Crippen molar-refractivity contribution in [3.8, 4) is 5.75 Å².